The molecule has 0 spiro atoms. The number of terminal acetylenes is 1. The van der Waals surface area contributed by atoms with E-state index in [9.17, 15) is 22.4 Å². The predicted octanol–water partition coefficient (Wildman–Crippen LogP) is 5.52. The maximum atomic E-state index is 14.2. The first-order valence-electron chi connectivity index (χ1n) is 9.92. The molecule has 0 saturated carbocycles. The molecule has 0 radical (unpaired) electrons. The highest BCUT2D eigenvalue weighted by atomic mass is 32.2. The van der Waals surface area contributed by atoms with Gasteiger partial charge in [-0.2, -0.15) is 13.2 Å². The Labute approximate surface area is 190 Å². The summed E-state index contributed by atoms with van der Waals surface area (Å²) in [5.41, 5.74) is -0.311. The zero-order valence-electron chi connectivity index (χ0n) is 18.1. The fourth-order valence-corrected chi connectivity index (χ4v) is 3.61. The van der Waals surface area contributed by atoms with Gasteiger partial charge in [-0.15, -0.1) is 18.2 Å². The summed E-state index contributed by atoms with van der Waals surface area (Å²) < 4.78 is 55.9. The number of hydrogen-bond acceptors (Lipinski definition) is 3. The summed E-state index contributed by atoms with van der Waals surface area (Å²) in [6.45, 7) is 2.25. The van der Waals surface area contributed by atoms with E-state index in [2.05, 4.69) is 16.6 Å². The third-order valence-corrected chi connectivity index (χ3v) is 5.48. The van der Waals surface area contributed by atoms with Gasteiger partial charge in [0, 0.05) is 11.3 Å². The summed E-state index contributed by atoms with van der Waals surface area (Å²) in [6, 6.07) is 10.0. The van der Waals surface area contributed by atoms with Gasteiger partial charge < -0.3 is 5.32 Å². The van der Waals surface area contributed by atoms with E-state index >= 15 is 0 Å². The summed E-state index contributed by atoms with van der Waals surface area (Å²) >= 11 is 1.59. The highest BCUT2D eigenvalue weighted by Gasteiger charge is 2.43. The normalized spacial score (nSPS) is 13.8. The summed E-state index contributed by atoms with van der Waals surface area (Å²) in [4.78, 5) is 13.4. The number of alkyl halides is 4. The van der Waals surface area contributed by atoms with Gasteiger partial charge in [-0.3, -0.25) is 10.1 Å². The second kappa shape index (κ2) is 10.9. The molecule has 0 aromatic heterocycles. The smallest absolute Gasteiger partial charge is 0.344 e. The number of nitrogens with one attached hydrogen (secondary N) is 2. The van der Waals surface area contributed by atoms with Crippen LogP contribution in [0.2, 0.25) is 0 Å². The van der Waals surface area contributed by atoms with Gasteiger partial charge in [0.15, 0.2) is 0 Å². The van der Waals surface area contributed by atoms with Crippen molar-refractivity contribution in [2.45, 2.75) is 49.1 Å². The number of thioether (sulfide) groups is 1. The Morgan fingerprint density at radius 2 is 1.56 bits per heavy atom. The van der Waals surface area contributed by atoms with Crippen LogP contribution in [-0.4, -0.2) is 36.6 Å². The molecule has 2 N–H and O–H groups in total. The van der Waals surface area contributed by atoms with E-state index in [1.807, 2.05) is 30.5 Å². The third kappa shape index (κ3) is 7.57. The topological polar surface area (TPSA) is 41.1 Å². The summed E-state index contributed by atoms with van der Waals surface area (Å²) in [6.07, 6.45) is 1.91. The molecule has 3 nitrogen and oxygen atoms in total. The second-order valence-corrected chi connectivity index (χ2v) is 8.77. The first-order valence-corrected chi connectivity index (χ1v) is 11.1. The Morgan fingerprint density at radius 3 is 2.00 bits per heavy atom. The van der Waals surface area contributed by atoms with E-state index in [0.717, 1.165) is 16.0 Å². The van der Waals surface area contributed by atoms with Crippen molar-refractivity contribution in [1.82, 2.24) is 10.6 Å². The molecule has 0 unspecified atom stereocenters. The van der Waals surface area contributed by atoms with Gasteiger partial charge in [0.2, 0.25) is 5.91 Å². The van der Waals surface area contributed by atoms with Crippen molar-refractivity contribution < 1.29 is 22.4 Å². The molecule has 2 aromatic rings. The van der Waals surface area contributed by atoms with E-state index in [1.54, 1.807) is 23.9 Å². The molecule has 0 aliphatic carbocycles. The first kappa shape index (κ1) is 25.8. The lowest BCUT2D eigenvalue weighted by Crippen LogP contribution is -2.51. The zero-order valence-corrected chi connectivity index (χ0v) is 18.9. The van der Waals surface area contributed by atoms with Crippen molar-refractivity contribution >= 4 is 17.7 Å². The van der Waals surface area contributed by atoms with Crippen LogP contribution < -0.4 is 10.6 Å². The Kier molecular flexibility index (Phi) is 8.76. The van der Waals surface area contributed by atoms with Gasteiger partial charge in [-0.1, -0.05) is 42.3 Å². The molecule has 8 heteroatoms. The molecule has 32 heavy (non-hydrogen) atoms. The number of benzene rings is 2. The minimum absolute atomic E-state index is 0.0756. The van der Waals surface area contributed by atoms with Crippen LogP contribution in [0.5, 0.6) is 0 Å². The van der Waals surface area contributed by atoms with Crippen molar-refractivity contribution in [2.75, 3.05) is 12.8 Å². The number of hydrogen-bond donors (Lipinski definition) is 2. The van der Waals surface area contributed by atoms with E-state index in [0.29, 0.717) is 0 Å². The van der Waals surface area contributed by atoms with Gasteiger partial charge in [-0.25, -0.2) is 4.39 Å². The van der Waals surface area contributed by atoms with Gasteiger partial charge in [0.1, 0.15) is 11.7 Å². The molecular formula is C24H26F4N2OS. The minimum Gasteiger partial charge on any atom is -0.344 e. The van der Waals surface area contributed by atoms with E-state index < -0.39 is 36.3 Å². The van der Waals surface area contributed by atoms with Crippen LogP contribution in [-0.2, 0) is 4.79 Å². The Hall–Kier alpha value is -2.50. The van der Waals surface area contributed by atoms with Crippen LogP contribution in [0.3, 0.4) is 0 Å². The van der Waals surface area contributed by atoms with Crippen LogP contribution in [0.1, 0.15) is 31.9 Å². The van der Waals surface area contributed by atoms with E-state index in [1.165, 1.54) is 26.0 Å². The van der Waals surface area contributed by atoms with Crippen LogP contribution >= 0.6 is 11.8 Å². The van der Waals surface area contributed by atoms with Gasteiger partial charge in [-0.05, 0) is 48.9 Å². The summed E-state index contributed by atoms with van der Waals surface area (Å²) in [5.74, 6) is 1.40. The zero-order chi connectivity index (χ0) is 23.9. The van der Waals surface area contributed by atoms with Crippen molar-refractivity contribution in [3.63, 3.8) is 0 Å². The van der Waals surface area contributed by atoms with E-state index in [4.69, 9.17) is 6.42 Å². The van der Waals surface area contributed by atoms with Crippen molar-refractivity contribution in [3.05, 3.63) is 54.1 Å². The number of rotatable bonds is 9. The van der Waals surface area contributed by atoms with Crippen molar-refractivity contribution in [1.29, 1.82) is 0 Å². The average molecular weight is 467 g/mol. The van der Waals surface area contributed by atoms with Crippen molar-refractivity contribution in [3.8, 4) is 23.5 Å². The molecule has 172 valence electrons. The Balaban J connectivity index is 2.31. The van der Waals surface area contributed by atoms with Gasteiger partial charge >= 0.3 is 6.18 Å². The number of halogens is 4. The molecule has 2 rings (SSSR count). The van der Waals surface area contributed by atoms with Gasteiger partial charge in [0.25, 0.3) is 0 Å². The number of carbonyl (C=O) groups excluding carboxylic acids is 1. The molecule has 0 heterocycles. The summed E-state index contributed by atoms with van der Waals surface area (Å²) in [7, 11) is 0. The summed E-state index contributed by atoms with van der Waals surface area (Å²) in [5, 5.41) is 4.63. The maximum Gasteiger partial charge on any atom is 0.407 e. The quantitative estimate of drug-likeness (QED) is 0.290. The monoisotopic (exact) mass is 466 g/mol. The van der Waals surface area contributed by atoms with E-state index in [-0.39, 0.29) is 12.1 Å². The fourth-order valence-electron chi connectivity index (χ4n) is 3.21. The maximum absolute atomic E-state index is 14.2. The first-order chi connectivity index (χ1) is 14.9. The molecule has 0 aliphatic heterocycles. The molecule has 1 amide bonds. The lowest BCUT2D eigenvalue weighted by atomic mass is 9.96. The average Bonchev–Trinajstić information content (AvgIpc) is 2.73. The van der Waals surface area contributed by atoms with Crippen LogP contribution in [0.25, 0.3) is 11.1 Å². The van der Waals surface area contributed by atoms with Crippen molar-refractivity contribution in [2.24, 2.45) is 0 Å². The number of amides is 1. The highest BCUT2D eigenvalue weighted by Crippen LogP contribution is 2.35. The molecule has 0 bridgehead atoms. The lowest BCUT2D eigenvalue weighted by molar-refractivity contribution is -0.161. The molecule has 0 saturated heterocycles. The molecular weight excluding hydrogens is 440 g/mol. The molecule has 2 aromatic carbocycles. The molecule has 2 atom stereocenters. The second-order valence-electron chi connectivity index (χ2n) is 7.89. The molecule has 0 aliphatic rings. The van der Waals surface area contributed by atoms with Crippen LogP contribution in [0.15, 0.2) is 53.4 Å². The number of carbonyl (C=O) groups is 1. The SMILES string of the molecule is C#CCNC(=O)[C@H](CC(C)(C)F)N[C@@H](c1ccc(-c2ccc(SC)cc2)cc1)C(F)(F)F. The largest absolute Gasteiger partial charge is 0.407 e. The third-order valence-electron chi connectivity index (χ3n) is 4.73. The highest BCUT2D eigenvalue weighted by molar-refractivity contribution is 7.98. The predicted molar refractivity (Wildman–Crippen MR) is 121 cm³/mol. The Bertz CT molecular complexity index is 929. The molecule has 0 fully saturated rings. The lowest BCUT2D eigenvalue weighted by Gasteiger charge is -2.29. The van der Waals surface area contributed by atoms with Crippen LogP contribution in [0.4, 0.5) is 17.6 Å². The minimum atomic E-state index is -4.70. The Morgan fingerprint density at radius 1 is 1.03 bits per heavy atom. The van der Waals surface area contributed by atoms with Gasteiger partial charge in [0.05, 0.1) is 12.6 Å². The fraction of sp³-hybridized carbons (Fsp3) is 0.375. The van der Waals surface area contributed by atoms with Crippen LogP contribution in [0, 0.1) is 12.3 Å². The standard InChI is InChI=1S/C24H26F4N2OS/c1-5-14-29-22(31)20(15-23(2,3)25)30-21(24(26,27)28)18-8-6-16(7-9-18)17-10-12-19(32-4)13-11-17/h1,6-13,20-21,30H,14-15H2,2-4H3,(H,29,31)/t20-,21-/m0/s1.